The predicted octanol–water partition coefficient (Wildman–Crippen LogP) is 3.85. The van der Waals surface area contributed by atoms with Gasteiger partial charge in [0.2, 0.25) is 6.10 Å². The molecule has 2 aromatic carbocycles. The zero-order valence-electron chi connectivity index (χ0n) is 18.2. The molecule has 1 unspecified atom stereocenters. The first kappa shape index (κ1) is 21.9. The van der Waals surface area contributed by atoms with Crippen molar-refractivity contribution in [1.82, 2.24) is 0 Å². The Morgan fingerprint density at radius 3 is 1.97 bits per heavy atom. The van der Waals surface area contributed by atoms with Crippen LogP contribution in [-0.2, 0) is 28.7 Å². The highest BCUT2D eigenvalue weighted by Crippen LogP contribution is 2.44. The smallest absolute Gasteiger partial charge is 0.310 e. The largest absolute Gasteiger partial charge is 0.465 e. The number of ketones is 2. The van der Waals surface area contributed by atoms with Crippen molar-refractivity contribution >= 4 is 23.5 Å². The molecule has 0 saturated heterocycles. The summed E-state index contributed by atoms with van der Waals surface area (Å²) in [6.45, 7) is 3.76. The van der Waals surface area contributed by atoms with E-state index in [1.165, 1.54) is 0 Å². The molecule has 0 radical (unpaired) electrons. The van der Waals surface area contributed by atoms with Crippen LogP contribution in [0.4, 0.5) is 0 Å². The molecule has 0 aromatic heterocycles. The van der Waals surface area contributed by atoms with Gasteiger partial charge in [0.1, 0.15) is 6.61 Å². The Balaban J connectivity index is 1.41. The average Bonchev–Trinajstić information content (AvgIpc) is 3.27. The standard InChI is InChI=1S/C26H26O6/c1-15(2)20(26(30)32-25-22(27)11-12-23(25)28)13-24(29)31-14-21-18-9-5-3-7-16(18)17-8-4-6-10-19(17)21/h3-10,15,20-21,25H,11-14H2,1-2H3. The van der Waals surface area contributed by atoms with E-state index in [0.717, 1.165) is 22.3 Å². The molecule has 166 valence electrons. The molecule has 0 amide bonds. The lowest BCUT2D eigenvalue weighted by atomic mass is 9.92. The molecule has 2 aliphatic carbocycles. The second-order valence-corrected chi connectivity index (χ2v) is 8.71. The number of hydrogen-bond acceptors (Lipinski definition) is 6. The van der Waals surface area contributed by atoms with Crippen molar-refractivity contribution in [3.8, 4) is 11.1 Å². The molecule has 0 bridgehead atoms. The van der Waals surface area contributed by atoms with E-state index < -0.39 is 24.0 Å². The second kappa shape index (κ2) is 9.07. The topological polar surface area (TPSA) is 86.7 Å². The van der Waals surface area contributed by atoms with Crippen molar-refractivity contribution in [2.45, 2.75) is 45.1 Å². The maximum atomic E-state index is 12.6. The molecule has 32 heavy (non-hydrogen) atoms. The van der Waals surface area contributed by atoms with Gasteiger partial charge >= 0.3 is 11.9 Å². The van der Waals surface area contributed by atoms with Crippen molar-refractivity contribution < 1.29 is 28.7 Å². The number of fused-ring (bicyclic) bond motifs is 3. The first-order chi connectivity index (χ1) is 15.4. The molecule has 1 fully saturated rings. The Bertz CT molecular complexity index is 1010. The zero-order valence-corrected chi connectivity index (χ0v) is 18.2. The quantitative estimate of drug-likeness (QED) is 0.486. The number of carbonyl (C=O) groups excluding carboxylic acids is 4. The number of esters is 2. The Hall–Kier alpha value is -3.28. The molecule has 0 heterocycles. The van der Waals surface area contributed by atoms with Gasteiger partial charge in [-0.15, -0.1) is 0 Å². The summed E-state index contributed by atoms with van der Waals surface area (Å²) in [5.41, 5.74) is 4.50. The number of rotatable bonds is 7. The molecule has 2 aromatic rings. The summed E-state index contributed by atoms with van der Waals surface area (Å²) in [6, 6.07) is 16.1. The number of Topliss-reactive ketones (excluding diaryl/α,β-unsaturated/α-hetero) is 2. The van der Waals surface area contributed by atoms with E-state index in [0.29, 0.717) is 0 Å². The van der Waals surface area contributed by atoms with Gasteiger partial charge in [0.15, 0.2) is 11.6 Å². The van der Waals surface area contributed by atoms with Crippen LogP contribution in [0, 0.1) is 11.8 Å². The summed E-state index contributed by atoms with van der Waals surface area (Å²) in [6.07, 6.45) is -1.31. The minimum atomic E-state index is -1.33. The highest BCUT2D eigenvalue weighted by Gasteiger charge is 2.39. The predicted molar refractivity (Wildman–Crippen MR) is 117 cm³/mol. The Kier molecular flexibility index (Phi) is 6.21. The molecule has 1 saturated carbocycles. The van der Waals surface area contributed by atoms with Gasteiger partial charge in [-0.25, -0.2) is 0 Å². The van der Waals surface area contributed by atoms with E-state index in [4.69, 9.17) is 9.47 Å². The lowest BCUT2D eigenvalue weighted by Gasteiger charge is -2.21. The molecule has 4 rings (SSSR count). The van der Waals surface area contributed by atoms with Crippen LogP contribution in [0.25, 0.3) is 11.1 Å². The molecule has 6 nitrogen and oxygen atoms in total. The Morgan fingerprint density at radius 1 is 0.906 bits per heavy atom. The summed E-state index contributed by atoms with van der Waals surface area (Å²) in [4.78, 5) is 48.9. The van der Waals surface area contributed by atoms with Crippen molar-refractivity contribution in [1.29, 1.82) is 0 Å². The minimum absolute atomic E-state index is 0.0652. The lowest BCUT2D eigenvalue weighted by Crippen LogP contribution is -2.34. The van der Waals surface area contributed by atoms with Gasteiger partial charge in [-0.3, -0.25) is 19.2 Å². The summed E-state index contributed by atoms with van der Waals surface area (Å²) in [5.74, 6) is -3.04. The number of ether oxygens (including phenoxy) is 2. The van der Waals surface area contributed by atoms with Crippen molar-refractivity contribution in [2.75, 3.05) is 6.61 Å². The number of carbonyl (C=O) groups is 4. The normalized spacial score (nSPS) is 16.7. The summed E-state index contributed by atoms with van der Waals surface area (Å²) < 4.78 is 10.8. The number of hydrogen-bond donors (Lipinski definition) is 0. The highest BCUT2D eigenvalue weighted by atomic mass is 16.6. The van der Waals surface area contributed by atoms with E-state index in [2.05, 4.69) is 12.1 Å². The summed E-state index contributed by atoms with van der Waals surface area (Å²) in [5, 5.41) is 0. The third-order valence-corrected chi connectivity index (χ3v) is 6.30. The maximum Gasteiger partial charge on any atom is 0.310 e. The summed E-state index contributed by atoms with van der Waals surface area (Å²) >= 11 is 0. The van der Waals surface area contributed by atoms with Crippen LogP contribution in [0.15, 0.2) is 48.5 Å². The van der Waals surface area contributed by atoms with Crippen molar-refractivity contribution in [3.05, 3.63) is 59.7 Å². The van der Waals surface area contributed by atoms with Gasteiger partial charge in [0, 0.05) is 18.8 Å². The maximum absolute atomic E-state index is 12.6. The average molecular weight is 434 g/mol. The van der Waals surface area contributed by atoms with Crippen LogP contribution in [0.2, 0.25) is 0 Å². The van der Waals surface area contributed by atoms with Crippen LogP contribution >= 0.6 is 0 Å². The lowest BCUT2D eigenvalue weighted by molar-refractivity contribution is -0.165. The zero-order chi connectivity index (χ0) is 22.8. The van der Waals surface area contributed by atoms with Gasteiger partial charge in [-0.05, 0) is 28.2 Å². The minimum Gasteiger partial charge on any atom is -0.465 e. The molecule has 0 N–H and O–H groups in total. The van der Waals surface area contributed by atoms with Crippen molar-refractivity contribution in [3.63, 3.8) is 0 Å². The van der Waals surface area contributed by atoms with E-state index >= 15 is 0 Å². The molecule has 2 aliphatic rings. The van der Waals surface area contributed by atoms with Crippen LogP contribution in [0.1, 0.15) is 50.2 Å². The first-order valence-electron chi connectivity index (χ1n) is 11.0. The van der Waals surface area contributed by atoms with E-state index in [1.807, 2.05) is 36.4 Å². The molecular weight excluding hydrogens is 408 g/mol. The van der Waals surface area contributed by atoms with E-state index in [-0.39, 0.29) is 49.3 Å². The second-order valence-electron chi connectivity index (χ2n) is 8.71. The van der Waals surface area contributed by atoms with Gasteiger partial charge in [-0.1, -0.05) is 62.4 Å². The third kappa shape index (κ3) is 4.22. The fourth-order valence-corrected chi connectivity index (χ4v) is 4.47. The molecule has 6 heteroatoms. The van der Waals surface area contributed by atoms with E-state index in [9.17, 15) is 19.2 Å². The van der Waals surface area contributed by atoms with E-state index in [1.54, 1.807) is 13.8 Å². The van der Waals surface area contributed by atoms with Crippen molar-refractivity contribution in [2.24, 2.45) is 11.8 Å². The monoisotopic (exact) mass is 434 g/mol. The van der Waals surface area contributed by atoms with Gasteiger partial charge in [0.05, 0.1) is 12.3 Å². The third-order valence-electron chi connectivity index (χ3n) is 6.30. The highest BCUT2D eigenvalue weighted by molar-refractivity contribution is 6.12. The first-order valence-corrected chi connectivity index (χ1v) is 11.0. The molecule has 1 atom stereocenters. The Labute approximate surface area is 186 Å². The molecular formula is C26H26O6. The fourth-order valence-electron chi connectivity index (χ4n) is 4.47. The Morgan fingerprint density at radius 2 is 1.44 bits per heavy atom. The van der Waals surface area contributed by atoms with Crippen LogP contribution in [-0.4, -0.2) is 36.2 Å². The molecule has 0 aliphatic heterocycles. The number of benzene rings is 2. The summed E-state index contributed by atoms with van der Waals surface area (Å²) in [7, 11) is 0. The van der Waals surface area contributed by atoms with Gasteiger partial charge < -0.3 is 9.47 Å². The SMILES string of the molecule is CC(C)C(CC(=O)OCC1c2ccccc2-c2ccccc21)C(=O)OC1C(=O)CCC1=O. The van der Waals surface area contributed by atoms with Gasteiger partial charge in [-0.2, -0.15) is 0 Å². The van der Waals surface area contributed by atoms with Crippen LogP contribution in [0.3, 0.4) is 0 Å². The molecule has 0 spiro atoms. The fraction of sp³-hybridized carbons (Fsp3) is 0.385. The van der Waals surface area contributed by atoms with Gasteiger partial charge in [0.25, 0.3) is 0 Å². The van der Waals surface area contributed by atoms with Crippen LogP contribution in [0.5, 0.6) is 0 Å². The van der Waals surface area contributed by atoms with Crippen LogP contribution < -0.4 is 0 Å².